The van der Waals surface area contributed by atoms with Crippen molar-refractivity contribution in [1.29, 1.82) is 0 Å². The Hall–Kier alpha value is -3.02. The molecule has 5 rings (SSSR count). The first-order valence-corrected chi connectivity index (χ1v) is 10.3. The molecule has 2 aliphatic rings. The van der Waals surface area contributed by atoms with Gasteiger partial charge in [0.05, 0.1) is 13.2 Å². The molecule has 0 bridgehead atoms. The number of ether oxygens (including phenoxy) is 4. The van der Waals surface area contributed by atoms with E-state index in [1.165, 1.54) is 0 Å². The fourth-order valence-electron chi connectivity index (χ4n) is 3.55. The normalized spacial score (nSPS) is 20.8. The first kappa shape index (κ1) is 19.0. The first-order chi connectivity index (χ1) is 14.7. The van der Waals surface area contributed by atoms with Crippen molar-refractivity contribution in [3.8, 4) is 17.2 Å². The van der Waals surface area contributed by atoms with Gasteiger partial charge in [0.2, 0.25) is 6.29 Å². The Morgan fingerprint density at radius 3 is 1.83 bits per heavy atom. The molecule has 0 radical (unpaired) electrons. The highest BCUT2D eigenvalue weighted by atomic mass is 16.7. The zero-order chi connectivity index (χ0) is 20.3. The third-order valence-corrected chi connectivity index (χ3v) is 5.42. The summed E-state index contributed by atoms with van der Waals surface area (Å²) >= 11 is 0. The van der Waals surface area contributed by atoms with Crippen LogP contribution in [0.4, 0.5) is 0 Å². The highest BCUT2D eigenvalue weighted by molar-refractivity contribution is 5.46. The minimum Gasteiger partial charge on any atom is -0.508 e. The molecule has 3 aromatic carbocycles. The fraction of sp³-hybridized carbons (Fsp3) is 0.280. The van der Waals surface area contributed by atoms with Gasteiger partial charge in [-0.1, -0.05) is 36.4 Å². The lowest BCUT2D eigenvalue weighted by atomic mass is 9.85. The lowest BCUT2D eigenvalue weighted by Gasteiger charge is -2.27. The number of hydrogen-bond donors (Lipinski definition) is 1. The highest BCUT2D eigenvalue weighted by Gasteiger charge is 2.23. The molecule has 5 heteroatoms. The second kappa shape index (κ2) is 8.38. The lowest BCUT2D eigenvalue weighted by molar-refractivity contribution is -0.165. The first-order valence-electron chi connectivity index (χ1n) is 10.3. The van der Waals surface area contributed by atoms with Crippen molar-refractivity contribution >= 4 is 0 Å². The topological polar surface area (TPSA) is 60.5 Å². The van der Waals surface area contributed by atoms with E-state index in [1.54, 1.807) is 12.1 Å². The van der Waals surface area contributed by atoms with Crippen LogP contribution in [0.1, 0.15) is 29.0 Å². The summed E-state index contributed by atoms with van der Waals surface area (Å²) < 4.78 is 22.1. The van der Waals surface area contributed by atoms with E-state index < -0.39 is 0 Å². The van der Waals surface area contributed by atoms with E-state index in [1.807, 2.05) is 36.4 Å². The average molecular weight is 404 g/mol. The quantitative estimate of drug-likeness (QED) is 0.443. The van der Waals surface area contributed by atoms with Gasteiger partial charge in [-0.15, -0.1) is 0 Å². The largest absolute Gasteiger partial charge is 0.508 e. The van der Waals surface area contributed by atoms with Gasteiger partial charge in [-0.3, -0.25) is 0 Å². The highest BCUT2D eigenvalue weighted by Crippen LogP contribution is 2.35. The monoisotopic (exact) mass is 404 g/mol. The second-order valence-electron chi connectivity index (χ2n) is 7.64. The standard InChI is InChI=1S/C25H24O5/c26-20-7-1-17(2-8-20)25(18-3-9-21(10-4-18)28-15-23-16-29-23)19-5-11-22(12-6-19)30-24-13-14-27-24/h1-12,23-26H,13-16H2. The minimum absolute atomic E-state index is 0.0282. The third-order valence-electron chi connectivity index (χ3n) is 5.42. The summed E-state index contributed by atoms with van der Waals surface area (Å²) in [5.74, 6) is 1.93. The number of epoxide rings is 1. The van der Waals surface area contributed by atoms with Gasteiger partial charge in [-0.25, -0.2) is 0 Å². The molecule has 5 nitrogen and oxygen atoms in total. The molecule has 0 amide bonds. The molecular formula is C25H24O5. The van der Waals surface area contributed by atoms with E-state index in [-0.39, 0.29) is 24.1 Å². The molecule has 2 aliphatic heterocycles. The van der Waals surface area contributed by atoms with Crippen molar-refractivity contribution < 1.29 is 24.1 Å². The molecule has 0 aliphatic carbocycles. The van der Waals surface area contributed by atoms with Gasteiger partial charge in [0.15, 0.2) is 0 Å². The van der Waals surface area contributed by atoms with Gasteiger partial charge in [0.25, 0.3) is 0 Å². The average Bonchev–Trinajstić information content (AvgIpc) is 3.57. The number of benzene rings is 3. The van der Waals surface area contributed by atoms with Crippen LogP contribution in [0.3, 0.4) is 0 Å². The Kier molecular flexibility index (Phi) is 5.30. The van der Waals surface area contributed by atoms with Gasteiger partial charge in [0, 0.05) is 12.3 Å². The SMILES string of the molecule is Oc1ccc(C(c2ccc(OCC3CO3)cc2)c2ccc(OC3CCO3)cc2)cc1. The summed E-state index contributed by atoms with van der Waals surface area (Å²) in [5, 5.41) is 9.72. The number of phenols is 1. The Balaban J connectivity index is 1.40. The van der Waals surface area contributed by atoms with Gasteiger partial charge in [0.1, 0.15) is 30.0 Å². The Labute approximate surface area is 175 Å². The van der Waals surface area contributed by atoms with Crippen LogP contribution in [0.15, 0.2) is 72.8 Å². The zero-order valence-electron chi connectivity index (χ0n) is 16.6. The third kappa shape index (κ3) is 4.42. The maximum absolute atomic E-state index is 9.72. The van der Waals surface area contributed by atoms with Crippen molar-refractivity contribution in [2.24, 2.45) is 0 Å². The molecule has 3 atom stereocenters. The lowest BCUT2D eigenvalue weighted by Crippen LogP contribution is -2.32. The number of phenolic OH excluding ortho intramolecular Hbond substituents is 1. The predicted molar refractivity (Wildman–Crippen MR) is 112 cm³/mol. The molecule has 1 N–H and O–H groups in total. The van der Waals surface area contributed by atoms with Crippen LogP contribution in [-0.2, 0) is 9.47 Å². The molecular weight excluding hydrogens is 380 g/mol. The van der Waals surface area contributed by atoms with E-state index in [4.69, 9.17) is 18.9 Å². The molecule has 154 valence electrons. The maximum Gasteiger partial charge on any atom is 0.202 e. The van der Waals surface area contributed by atoms with Crippen LogP contribution in [0.5, 0.6) is 17.2 Å². The molecule has 2 saturated heterocycles. The summed E-state index contributed by atoms with van der Waals surface area (Å²) in [6.07, 6.45) is 1.04. The fourth-order valence-corrected chi connectivity index (χ4v) is 3.55. The summed E-state index contributed by atoms with van der Waals surface area (Å²) in [5.41, 5.74) is 3.39. The van der Waals surface area contributed by atoms with Crippen molar-refractivity contribution in [3.05, 3.63) is 89.5 Å². The molecule has 3 unspecified atom stereocenters. The maximum atomic E-state index is 9.72. The van der Waals surface area contributed by atoms with Crippen LogP contribution in [0.25, 0.3) is 0 Å². The molecule has 3 aromatic rings. The van der Waals surface area contributed by atoms with Crippen LogP contribution in [0, 0.1) is 0 Å². The summed E-state index contributed by atoms with van der Waals surface area (Å²) in [4.78, 5) is 0. The van der Waals surface area contributed by atoms with E-state index in [2.05, 4.69) is 24.3 Å². The van der Waals surface area contributed by atoms with Crippen LogP contribution >= 0.6 is 0 Å². The van der Waals surface area contributed by atoms with Gasteiger partial charge in [-0.2, -0.15) is 0 Å². The van der Waals surface area contributed by atoms with Crippen LogP contribution in [0.2, 0.25) is 0 Å². The van der Waals surface area contributed by atoms with E-state index >= 15 is 0 Å². The summed E-state index contributed by atoms with van der Waals surface area (Å²) in [7, 11) is 0. The minimum atomic E-state index is -0.127. The zero-order valence-corrected chi connectivity index (χ0v) is 16.6. The Morgan fingerprint density at radius 1 is 0.800 bits per heavy atom. The number of aromatic hydroxyl groups is 1. The summed E-state index contributed by atoms with van der Waals surface area (Å²) in [6.45, 7) is 2.14. The van der Waals surface area contributed by atoms with Gasteiger partial charge < -0.3 is 24.1 Å². The molecule has 30 heavy (non-hydrogen) atoms. The molecule has 2 heterocycles. The van der Waals surface area contributed by atoms with Crippen molar-refractivity contribution in [2.75, 3.05) is 19.8 Å². The molecule has 2 fully saturated rings. The number of rotatable bonds is 8. The molecule has 0 saturated carbocycles. The van der Waals surface area contributed by atoms with Crippen molar-refractivity contribution in [1.82, 2.24) is 0 Å². The Morgan fingerprint density at radius 2 is 1.33 bits per heavy atom. The summed E-state index contributed by atoms with van der Waals surface area (Å²) in [6, 6.07) is 23.7. The van der Waals surface area contributed by atoms with E-state index in [0.29, 0.717) is 6.61 Å². The molecule has 0 spiro atoms. The smallest absolute Gasteiger partial charge is 0.202 e. The van der Waals surface area contributed by atoms with Crippen molar-refractivity contribution in [3.63, 3.8) is 0 Å². The van der Waals surface area contributed by atoms with E-state index in [9.17, 15) is 5.11 Å². The predicted octanol–water partition coefficient (Wildman–Crippen LogP) is 4.48. The molecule has 0 aromatic heterocycles. The second-order valence-corrected chi connectivity index (χ2v) is 7.64. The van der Waals surface area contributed by atoms with Gasteiger partial charge >= 0.3 is 0 Å². The van der Waals surface area contributed by atoms with Crippen molar-refractivity contribution in [2.45, 2.75) is 24.7 Å². The van der Waals surface area contributed by atoms with Crippen LogP contribution in [-0.4, -0.2) is 37.3 Å². The van der Waals surface area contributed by atoms with Gasteiger partial charge in [-0.05, 0) is 53.1 Å². The van der Waals surface area contributed by atoms with E-state index in [0.717, 1.165) is 47.8 Å². The number of hydrogen-bond acceptors (Lipinski definition) is 5. The Bertz CT molecular complexity index is 958. The van der Waals surface area contributed by atoms with Crippen LogP contribution < -0.4 is 9.47 Å².